The fourth-order valence-corrected chi connectivity index (χ4v) is 2.83. The summed E-state index contributed by atoms with van der Waals surface area (Å²) in [5, 5.41) is 6.67. The maximum atomic E-state index is 4.91. The Labute approximate surface area is 128 Å². The zero-order chi connectivity index (χ0) is 15.1. The van der Waals surface area contributed by atoms with E-state index in [0.29, 0.717) is 0 Å². The molecule has 1 aliphatic heterocycles. The van der Waals surface area contributed by atoms with Crippen LogP contribution in [0.3, 0.4) is 0 Å². The highest BCUT2D eigenvalue weighted by molar-refractivity contribution is 5.93. The molecule has 1 atom stereocenters. The van der Waals surface area contributed by atoms with Crippen molar-refractivity contribution in [2.75, 3.05) is 20.1 Å². The number of unbranched alkanes of at least 4 members (excludes halogenated alkanes) is 1. The summed E-state index contributed by atoms with van der Waals surface area (Å²) >= 11 is 0. The van der Waals surface area contributed by atoms with Crippen molar-refractivity contribution in [3.8, 4) is 0 Å². The molecule has 1 unspecified atom stereocenters. The molecular formula is C18H27N3. The van der Waals surface area contributed by atoms with Crippen LogP contribution in [-0.4, -0.2) is 31.4 Å². The van der Waals surface area contributed by atoms with Gasteiger partial charge in [-0.25, -0.2) is 0 Å². The molecule has 0 aromatic heterocycles. The van der Waals surface area contributed by atoms with Gasteiger partial charge in [0.1, 0.15) is 5.54 Å². The average Bonchev–Trinajstić information content (AvgIpc) is 2.46. The van der Waals surface area contributed by atoms with E-state index in [4.69, 9.17) is 4.99 Å². The molecule has 114 valence electrons. The summed E-state index contributed by atoms with van der Waals surface area (Å²) in [7, 11) is 1.97. The van der Waals surface area contributed by atoms with Crippen LogP contribution in [0, 0.1) is 0 Å². The minimum absolute atomic E-state index is 0.152. The first-order chi connectivity index (χ1) is 10.2. The number of benzene rings is 1. The minimum atomic E-state index is -0.152. The van der Waals surface area contributed by atoms with Crippen LogP contribution >= 0.6 is 0 Å². The van der Waals surface area contributed by atoms with Gasteiger partial charge >= 0.3 is 0 Å². The third-order valence-electron chi connectivity index (χ3n) is 4.02. The Kier molecular flexibility index (Phi) is 5.57. The lowest BCUT2D eigenvalue weighted by Crippen LogP contribution is -2.49. The smallest absolute Gasteiger partial charge is 0.109 e. The average molecular weight is 285 g/mol. The summed E-state index contributed by atoms with van der Waals surface area (Å²) in [6.07, 6.45) is 4.30. The third kappa shape index (κ3) is 3.94. The molecule has 3 heteroatoms. The molecule has 2 rings (SSSR count). The second-order valence-electron chi connectivity index (χ2n) is 5.84. The van der Waals surface area contributed by atoms with E-state index < -0.39 is 0 Å². The Morgan fingerprint density at radius 1 is 1.33 bits per heavy atom. The highest BCUT2D eigenvalue weighted by Gasteiger charge is 2.41. The van der Waals surface area contributed by atoms with Gasteiger partial charge in [0.25, 0.3) is 0 Å². The molecule has 21 heavy (non-hydrogen) atoms. The number of nitrogens with one attached hydrogen (secondary N) is 2. The normalized spacial score (nSPS) is 20.6. The molecular weight excluding hydrogens is 258 g/mol. The fourth-order valence-electron chi connectivity index (χ4n) is 2.83. The van der Waals surface area contributed by atoms with Crippen molar-refractivity contribution < 1.29 is 0 Å². The summed E-state index contributed by atoms with van der Waals surface area (Å²) in [6, 6.07) is 10.6. The van der Waals surface area contributed by atoms with Crippen LogP contribution in [0.1, 0.15) is 31.7 Å². The van der Waals surface area contributed by atoms with E-state index in [1.54, 1.807) is 0 Å². The molecule has 1 aromatic rings. The molecule has 0 saturated carbocycles. The predicted octanol–water partition coefficient (Wildman–Crippen LogP) is 2.94. The van der Waals surface area contributed by atoms with Gasteiger partial charge in [-0.2, -0.15) is 0 Å². The number of hydrogen-bond acceptors (Lipinski definition) is 3. The minimum Gasteiger partial charge on any atom is -0.387 e. The van der Waals surface area contributed by atoms with Crippen molar-refractivity contribution in [2.45, 2.75) is 38.1 Å². The van der Waals surface area contributed by atoms with Crippen LogP contribution < -0.4 is 10.6 Å². The molecule has 0 saturated heterocycles. The van der Waals surface area contributed by atoms with E-state index in [0.717, 1.165) is 31.6 Å². The van der Waals surface area contributed by atoms with Gasteiger partial charge in [-0.05, 0) is 19.0 Å². The van der Waals surface area contributed by atoms with Crippen molar-refractivity contribution in [1.29, 1.82) is 0 Å². The summed E-state index contributed by atoms with van der Waals surface area (Å²) in [4.78, 5) is 4.91. The lowest BCUT2D eigenvalue weighted by Gasteiger charge is -2.41. The topological polar surface area (TPSA) is 36.4 Å². The zero-order valence-corrected chi connectivity index (χ0v) is 13.3. The molecule has 1 heterocycles. The van der Waals surface area contributed by atoms with Gasteiger partial charge in [-0.15, -0.1) is 0 Å². The van der Waals surface area contributed by atoms with E-state index in [-0.39, 0.29) is 5.54 Å². The van der Waals surface area contributed by atoms with Gasteiger partial charge in [0.2, 0.25) is 0 Å². The van der Waals surface area contributed by atoms with Gasteiger partial charge < -0.3 is 10.6 Å². The van der Waals surface area contributed by atoms with E-state index in [1.807, 2.05) is 7.05 Å². The first-order valence-electron chi connectivity index (χ1n) is 7.89. The van der Waals surface area contributed by atoms with Gasteiger partial charge in [-0.1, -0.05) is 50.3 Å². The molecule has 0 aliphatic carbocycles. The highest BCUT2D eigenvalue weighted by Crippen LogP contribution is 2.35. The molecule has 3 nitrogen and oxygen atoms in total. The molecule has 0 amide bonds. The second kappa shape index (κ2) is 7.41. The Morgan fingerprint density at radius 2 is 2.05 bits per heavy atom. The molecule has 0 spiro atoms. The van der Waals surface area contributed by atoms with Gasteiger partial charge in [0.05, 0.1) is 0 Å². The lowest BCUT2D eigenvalue weighted by atomic mass is 9.78. The quantitative estimate of drug-likeness (QED) is 0.684. The van der Waals surface area contributed by atoms with E-state index >= 15 is 0 Å². The Balaban J connectivity index is 2.07. The van der Waals surface area contributed by atoms with Gasteiger partial charge in [0, 0.05) is 37.3 Å². The van der Waals surface area contributed by atoms with Crippen molar-refractivity contribution in [2.24, 2.45) is 4.99 Å². The zero-order valence-electron chi connectivity index (χ0n) is 13.3. The van der Waals surface area contributed by atoms with E-state index in [2.05, 4.69) is 54.5 Å². The Bertz CT molecular complexity index is 492. The van der Waals surface area contributed by atoms with Gasteiger partial charge in [-0.3, -0.25) is 4.99 Å². The summed E-state index contributed by atoms with van der Waals surface area (Å²) in [5.74, 6) is 0. The number of aliphatic imine (C=N–C) groups is 1. The summed E-state index contributed by atoms with van der Waals surface area (Å²) in [5.41, 5.74) is 3.48. The maximum Gasteiger partial charge on any atom is 0.109 e. The van der Waals surface area contributed by atoms with Crippen LogP contribution in [-0.2, 0) is 6.42 Å². The molecule has 1 aromatic carbocycles. The van der Waals surface area contributed by atoms with Crippen LogP contribution in [0.15, 0.2) is 47.6 Å². The Hall–Kier alpha value is -1.61. The monoisotopic (exact) mass is 285 g/mol. The van der Waals surface area contributed by atoms with Crippen molar-refractivity contribution in [1.82, 2.24) is 10.6 Å². The van der Waals surface area contributed by atoms with Crippen LogP contribution in [0.2, 0.25) is 0 Å². The van der Waals surface area contributed by atoms with Crippen molar-refractivity contribution >= 4 is 5.71 Å². The van der Waals surface area contributed by atoms with Crippen molar-refractivity contribution in [3.05, 3.63) is 48.2 Å². The third-order valence-corrected chi connectivity index (χ3v) is 4.02. The molecule has 1 aliphatic rings. The number of nitrogens with zero attached hydrogens (tertiary/aromatic N) is 1. The number of hydrogen-bond donors (Lipinski definition) is 2. The van der Waals surface area contributed by atoms with Crippen LogP contribution in [0.4, 0.5) is 0 Å². The summed E-state index contributed by atoms with van der Waals surface area (Å²) in [6.45, 7) is 8.34. The van der Waals surface area contributed by atoms with Crippen LogP contribution in [0.5, 0.6) is 0 Å². The first-order valence-corrected chi connectivity index (χ1v) is 7.89. The maximum absolute atomic E-state index is 4.91. The number of rotatable bonds is 9. The Morgan fingerprint density at radius 3 is 2.67 bits per heavy atom. The first kappa shape index (κ1) is 15.8. The standard InChI is InChI=1S/C18H27N3/c1-4-5-11-20-15(2)18(13-17(21-18)14-19-3)12-16-9-7-6-8-10-16/h6-10,19-20H,2,4-5,11-14H2,1,3H3. The second-order valence-corrected chi connectivity index (χ2v) is 5.84. The molecule has 0 radical (unpaired) electrons. The van der Waals surface area contributed by atoms with Crippen LogP contribution in [0.25, 0.3) is 0 Å². The van der Waals surface area contributed by atoms with E-state index in [9.17, 15) is 0 Å². The lowest BCUT2D eigenvalue weighted by molar-refractivity contribution is 0.435. The molecule has 0 bridgehead atoms. The fraction of sp³-hybridized carbons (Fsp3) is 0.500. The van der Waals surface area contributed by atoms with E-state index in [1.165, 1.54) is 24.1 Å². The largest absolute Gasteiger partial charge is 0.387 e. The highest BCUT2D eigenvalue weighted by atomic mass is 15.1. The molecule has 0 fully saturated rings. The summed E-state index contributed by atoms with van der Waals surface area (Å²) < 4.78 is 0. The SMILES string of the molecule is C=C(NCCCC)C1(Cc2ccccc2)CC(CNC)=N1. The predicted molar refractivity (Wildman–Crippen MR) is 90.9 cm³/mol. The molecule has 2 N–H and O–H groups in total. The van der Waals surface area contributed by atoms with Gasteiger partial charge in [0.15, 0.2) is 0 Å². The van der Waals surface area contributed by atoms with Crippen molar-refractivity contribution in [3.63, 3.8) is 0 Å².